The first-order chi connectivity index (χ1) is 12.1. The van der Waals surface area contributed by atoms with Crippen molar-refractivity contribution in [2.75, 3.05) is 11.9 Å². The Hall–Kier alpha value is -2.94. The average Bonchev–Trinajstić information content (AvgIpc) is 3.19. The molecule has 2 amide bonds. The van der Waals surface area contributed by atoms with Gasteiger partial charge in [0.15, 0.2) is 5.13 Å². The normalized spacial score (nSPS) is 10.6. The van der Waals surface area contributed by atoms with Crippen LogP contribution in [0.1, 0.15) is 18.3 Å². The smallest absolute Gasteiger partial charge is 0.413 e. The summed E-state index contributed by atoms with van der Waals surface area (Å²) in [5, 5.41) is 7.46. The van der Waals surface area contributed by atoms with Crippen molar-refractivity contribution in [1.82, 2.24) is 19.7 Å². The van der Waals surface area contributed by atoms with Gasteiger partial charge in [-0.05, 0) is 19.1 Å². The van der Waals surface area contributed by atoms with Crippen molar-refractivity contribution in [2.45, 2.75) is 19.9 Å². The minimum Gasteiger partial charge on any atom is -0.450 e. The van der Waals surface area contributed by atoms with Gasteiger partial charge in [0.05, 0.1) is 31.0 Å². The zero-order chi connectivity index (χ0) is 17.6. The number of ether oxygens (including phenoxy) is 1. The third-order valence-corrected chi connectivity index (χ3v) is 4.06. The molecule has 3 aromatic heterocycles. The van der Waals surface area contributed by atoms with Crippen LogP contribution in [-0.2, 0) is 22.5 Å². The fraction of sp³-hybridized carbons (Fsp3) is 0.250. The predicted octanol–water partition coefficient (Wildman–Crippen LogP) is 2.22. The molecule has 0 saturated carbocycles. The SMILES string of the molecule is CCOC(=O)Nc1nc(CC(=O)NCc2cn3ccccc3n2)cs1. The number of thiazole rings is 1. The molecule has 3 heterocycles. The number of nitrogens with one attached hydrogen (secondary N) is 2. The van der Waals surface area contributed by atoms with E-state index in [1.165, 1.54) is 11.3 Å². The van der Waals surface area contributed by atoms with Crippen LogP contribution < -0.4 is 10.6 Å². The molecule has 2 N–H and O–H groups in total. The molecule has 0 aromatic carbocycles. The summed E-state index contributed by atoms with van der Waals surface area (Å²) in [6.07, 6.45) is 3.36. The summed E-state index contributed by atoms with van der Waals surface area (Å²) < 4.78 is 6.68. The number of rotatable bonds is 6. The van der Waals surface area contributed by atoms with Crippen molar-refractivity contribution in [1.29, 1.82) is 0 Å². The lowest BCUT2D eigenvalue weighted by molar-refractivity contribution is -0.120. The molecule has 130 valence electrons. The van der Waals surface area contributed by atoms with Gasteiger partial charge >= 0.3 is 6.09 Å². The van der Waals surface area contributed by atoms with Crippen molar-refractivity contribution < 1.29 is 14.3 Å². The van der Waals surface area contributed by atoms with Gasteiger partial charge in [0, 0.05) is 17.8 Å². The Balaban J connectivity index is 1.50. The van der Waals surface area contributed by atoms with Crippen LogP contribution in [0, 0.1) is 0 Å². The number of hydrogen-bond acceptors (Lipinski definition) is 6. The topological polar surface area (TPSA) is 97.6 Å². The molecule has 0 aliphatic rings. The van der Waals surface area contributed by atoms with Gasteiger partial charge in [-0.1, -0.05) is 6.07 Å². The molecule has 0 radical (unpaired) electrons. The van der Waals surface area contributed by atoms with E-state index >= 15 is 0 Å². The first-order valence-corrected chi connectivity index (χ1v) is 8.59. The summed E-state index contributed by atoms with van der Waals surface area (Å²) in [7, 11) is 0. The second-order valence-electron chi connectivity index (χ2n) is 5.14. The minimum atomic E-state index is -0.556. The third-order valence-electron chi connectivity index (χ3n) is 3.26. The zero-order valence-electron chi connectivity index (χ0n) is 13.6. The molecular weight excluding hydrogens is 342 g/mol. The van der Waals surface area contributed by atoms with Gasteiger partial charge in [0.1, 0.15) is 5.65 Å². The minimum absolute atomic E-state index is 0.133. The molecular formula is C16H17N5O3S. The fourth-order valence-corrected chi connectivity index (χ4v) is 2.88. The highest BCUT2D eigenvalue weighted by molar-refractivity contribution is 7.13. The van der Waals surface area contributed by atoms with Gasteiger partial charge in [-0.15, -0.1) is 11.3 Å². The van der Waals surface area contributed by atoms with Crippen LogP contribution in [0.25, 0.3) is 5.65 Å². The second-order valence-corrected chi connectivity index (χ2v) is 6.00. The number of aromatic nitrogens is 3. The lowest BCUT2D eigenvalue weighted by atomic mass is 10.3. The number of pyridine rings is 1. The number of anilines is 1. The van der Waals surface area contributed by atoms with Gasteiger partial charge in [0.2, 0.25) is 5.91 Å². The Bertz CT molecular complexity index is 856. The molecule has 0 aliphatic heterocycles. The van der Waals surface area contributed by atoms with Crippen LogP contribution in [0.4, 0.5) is 9.93 Å². The number of imidazole rings is 1. The summed E-state index contributed by atoms with van der Waals surface area (Å²) in [5.41, 5.74) is 2.20. The largest absolute Gasteiger partial charge is 0.450 e. The molecule has 9 heteroatoms. The summed E-state index contributed by atoms with van der Waals surface area (Å²) in [6.45, 7) is 2.36. The molecule has 0 spiro atoms. The van der Waals surface area contributed by atoms with Crippen molar-refractivity contribution in [2.24, 2.45) is 0 Å². The molecule has 0 bridgehead atoms. The number of amides is 2. The molecule has 0 atom stereocenters. The van der Waals surface area contributed by atoms with Crippen LogP contribution in [0.3, 0.4) is 0 Å². The Kier molecular flexibility index (Phi) is 5.24. The predicted molar refractivity (Wildman–Crippen MR) is 93.5 cm³/mol. The van der Waals surface area contributed by atoms with E-state index in [0.717, 1.165) is 11.3 Å². The molecule has 3 aromatic rings. The molecule has 0 unspecified atom stereocenters. The number of hydrogen-bond donors (Lipinski definition) is 2. The third kappa shape index (κ3) is 4.54. The Morgan fingerprint density at radius 2 is 2.16 bits per heavy atom. The molecule has 25 heavy (non-hydrogen) atoms. The van der Waals surface area contributed by atoms with Crippen molar-refractivity contribution >= 4 is 34.1 Å². The Morgan fingerprint density at radius 1 is 1.28 bits per heavy atom. The highest BCUT2D eigenvalue weighted by atomic mass is 32.1. The number of nitrogens with zero attached hydrogens (tertiary/aromatic N) is 3. The van der Waals surface area contributed by atoms with E-state index in [9.17, 15) is 9.59 Å². The van der Waals surface area contributed by atoms with E-state index in [0.29, 0.717) is 17.4 Å². The van der Waals surface area contributed by atoms with E-state index < -0.39 is 6.09 Å². The maximum atomic E-state index is 12.0. The standard InChI is InChI=1S/C16H17N5O3S/c1-2-24-16(23)20-15-19-11(10-25-15)7-14(22)17-8-12-9-21-6-4-3-5-13(21)18-12/h3-6,9-10H,2,7-8H2,1H3,(H,17,22)(H,19,20,23). The van der Waals surface area contributed by atoms with Gasteiger partial charge in [-0.3, -0.25) is 10.1 Å². The summed E-state index contributed by atoms with van der Waals surface area (Å²) in [4.78, 5) is 32.0. The molecule has 0 fully saturated rings. The summed E-state index contributed by atoms with van der Waals surface area (Å²) >= 11 is 1.24. The van der Waals surface area contributed by atoms with E-state index in [-0.39, 0.29) is 18.9 Å². The molecule has 0 saturated heterocycles. The highest BCUT2D eigenvalue weighted by Gasteiger charge is 2.10. The van der Waals surface area contributed by atoms with Crippen molar-refractivity contribution in [3.8, 4) is 0 Å². The average molecular weight is 359 g/mol. The van der Waals surface area contributed by atoms with Gasteiger partial charge in [-0.2, -0.15) is 0 Å². The fourth-order valence-electron chi connectivity index (χ4n) is 2.19. The highest BCUT2D eigenvalue weighted by Crippen LogP contribution is 2.16. The van der Waals surface area contributed by atoms with Gasteiger partial charge in [0.25, 0.3) is 0 Å². The van der Waals surface area contributed by atoms with E-state index in [1.807, 2.05) is 35.0 Å². The molecule has 8 nitrogen and oxygen atoms in total. The van der Waals surface area contributed by atoms with E-state index in [2.05, 4.69) is 20.6 Å². The van der Waals surface area contributed by atoms with E-state index in [4.69, 9.17) is 4.74 Å². The zero-order valence-corrected chi connectivity index (χ0v) is 14.4. The van der Waals surface area contributed by atoms with Gasteiger partial charge < -0.3 is 14.5 Å². The summed E-state index contributed by atoms with van der Waals surface area (Å²) in [5.74, 6) is -0.162. The van der Waals surface area contributed by atoms with Crippen LogP contribution in [0.15, 0.2) is 36.0 Å². The monoisotopic (exact) mass is 359 g/mol. The van der Waals surface area contributed by atoms with Gasteiger partial charge in [-0.25, -0.2) is 14.8 Å². The van der Waals surface area contributed by atoms with Crippen LogP contribution in [0.5, 0.6) is 0 Å². The Labute approximate surface area is 147 Å². The van der Waals surface area contributed by atoms with Crippen molar-refractivity contribution in [3.63, 3.8) is 0 Å². The quantitative estimate of drug-likeness (QED) is 0.703. The van der Waals surface area contributed by atoms with E-state index in [1.54, 1.807) is 12.3 Å². The number of fused-ring (bicyclic) bond motifs is 1. The maximum absolute atomic E-state index is 12.0. The molecule has 3 rings (SSSR count). The number of carbonyl (C=O) groups is 2. The van der Waals surface area contributed by atoms with Crippen LogP contribution >= 0.6 is 11.3 Å². The van der Waals surface area contributed by atoms with Crippen molar-refractivity contribution in [3.05, 3.63) is 47.4 Å². The Morgan fingerprint density at radius 3 is 2.96 bits per heavy atom. The first-order valence-electron chi connectivity index (χ1n) is 7.71. The summed E-state index contributed by atoms with van der Waals surface area (Å²) in [6, 6.07) is 5.73. The van der Waals surface area contributed by atoms with Crippen LogP contribution in [0.2, 0.25) is 0 Å². The lowest BCUT2D eigenvalue weighted by Crippen LogP contribution is -2.24. The second kappa shape index (κ2) is 7.75. The number of carbonyl (C=O) groups excluding carboxylic acids is 2. The maximum Gasteiger partial charge on any atom is 0.413 e. The first kappa shape index (κ1) is 16.9. The lowest BCUT2D eigenvalue weighted by Gasteiger charge is -2.02. The van der Waals surface area contributed by atoms with Crippen LogP contribution in [-0.4, -0.2) is 33.0 Å². The molecule has 0 aliphatic carbocycles.